The first-order valence-electron chi connectivity index (χ1n) is 6.45. The van der Waals surface area contributed by atoms with Gasteiger partial charge in [-0.1, -0.05) is 26.7 Å². The molecule has 0 aliphatic heterocycles. The zero-order valence-electron chi connectivity index (χ0n) is 10.4. The molecular formula is C13H22N2O. The molecule has 0 unspecified atom stereocenters. The number of aliphatic hydroxyl groups is 1. The van der Waals surface area contributed by atoms with Crippen molar-refractivity contribution in [3.63, 3.8) is 0 Å². The van der Waals surface area contributed by atoms with Crippen LogP contribution < -0.4 is 0 Å². The fourth-order valence-electron chi connectivity index (χ4n) is 2.58. The van der Waals surface area contributed by atoms with Crippen LogP contribution in [0, 0.1) is 0 Å². The minimum absolute atomic E-state index is 0.499. The van der Waals surface area contributed by atoms with Gasteiger partial charge in [0, 0.05) is 5.69 Å². The first-order valence-corrected chi connectivity index (χ1v) is 6.45. The van der Waals surface area contributed by atoms with Gasteiger partial charge in [-0.15, -0.1) is 0 Å². The van der Waals surface area contributed by atoms with Crippen molar-refractivity contribution in [2.24, 2.45) is 0 Å². The number of hydrogen-bond acceptors (Lipinski definition) is 2. The van der Waals surface area contributed by atoms with Crippen molar-refractivity contribution in [2.75, 3.05) is 0 Å². The summed E-state index contributed by atoms with van der Waals surface area (Å²) in [5.74, 6) is 0. The summed E-state index contributed by atoms with van der Waals surface area (Å²) < 4.78 is 2.02. The SMILES string of the molecule is CCc1cc(CC)n(CC2(O)CCCC2)n1. The molecule has 0 bridgehead atoms. The zero-order valence-corrected chi connectivity index (χ0v) is 10.4. The second-order valence-electron chi connectivity index (χ2n) is 4.92. The molecule has 1 aliphatic carbocycles. The summed E-state index contributed by atoms with van der Waals surface area (Å²) in [7, 11) is 0. The Hall–Kier alpha value is -0.830. The lowest BCUT2D eigenvalue weighted by Gasteiger charge is -2.22. The molecule has 2 rings (SSSR count). The monoisotopic (exact) mass is 222 g/mol. The third kappa shape index (κ3) is 2.29. The highest BCUT2D eigenvalue weighted by atomic mass is 16.3. The summed E-state index contributed by atoms with van der Waals surface area (Å²) in [4.78, 5) is 0. The summed E-state index contributed by atoms with van der Waals surface area (Å²) in [6, 6.07) is 2.16. The number of nitrogens with zero attached hydrogens (tertiary/aromatic N) is 2. The fraction of sp³-hybridized carbons (Fsp3) is 0.769. The van der Waals surface area contributed by atoms with Gasteiger partial charge in [-0.05, 0) is 31.7 Å². The summed E-state index contributed by atoms with van der Waals surface area (Å²) in [5.41, 5.74) is 1.89. The van der Waals surface area contributed by atoms with E-state index in [0.717, 1.165) is 44.2 Å². The largest absolute Gasteiger partial charge is 0.388 e. The Morgan fingerprint density at radius 1 is 1.31 bits per heavy atom. The maximum absolute atomic E-state index is 10.4. The molecule has 3 heteroatoms. The Balaban J connectivity index is 2.16. The molecule has 1 saturated carbocycles. The van der Waals surface area contributed by atoms with Crippen LogP contribution in [0.1, 0.15) is 50.9 Å². The van der Waals surface area contributed by atoms with E-state index in [2.05, 4.69) is 25.0 Å². The summed E-state index contributed by atoms with van der Waals surface area (Å²) in [6.45, 7) is 4.94. The third-order valence-electron chi connectivity index (χ3n) is 3.62. The molecule has 0 atom stereocenters. The van der Waals surface area contributed by atoms with E-state index in [1.807, 2.05) is 4.68 Å². The Morgan fingerprint density at radius 3 is 2.56 bits per heavy atom. The third-order valence-corrected chi connectivity index (χ3v) is 3.62. The van der Waals surface area contributed by atoms with Crippen LogP contribution in [0.5, 0.6) is 0 Å². The van der Waals surface area contributed by atoms with Crippen molar-refractivity contribution in [1.29, 1.82) is 0 Å². The van der Waals surface area contributed by atoms with E-state index in [1.165, 1.54) is 5.69 Å². The van der Waals surface area contributed by atoms with Crippen LogP contribution in [0.25, 0.3) is 0 Å². The normalized spacial score (nSPS) is 19.2. The molecule has 1 fully saturated rings. The highest BCUT2D eigenvalue weighted by Crippen LogP contribution is 2.31. The van der Waals surface area contributed by atoms with Gasteiger partial charge in [0.1, 0.15) is 0 Å². The number of aromatic nitrogens is 2. The summed E-state index contributed by atoms with van der Waals surface area (Å²) in [6.07, 6.45) is 6.12. The van der Waals surface area contributed by atoms with Crippen molar-refractivity contribution in [3.8, 4) is 0 Å². The molecule has 0 saturated heterocycles. The summed E-state index contributed by atoms with van der Waals surface area (Å²) >= 11 is 0. The topological polar surface area (TPSA) is 38.0 Å². The van der Waals surface area contributed by atoms with Gasteiger partial charge in [-0.3, -0.25) is 4.68 Å². The van der Waals surface area contributed by atoms with Crippen molar-refractivity contribution < 1.29 is 5.11 Å². The van der Waals surface area contributed by atoms with Crippen LogP contribution >= 0.6 is 0 Å². The van der Waals surface area contributed by atoms with Crippen molar-refractivity contribution >= 4 is 0 Å². The first-order chi connectivity index (χ1) is 7.67. The van der Waals surface area contributed by atoms with Crippen LogP contribution in [0.4, 0.5) is 0 Å². The minimum Gasteiger partial charge on any atom is -0.388 e. The molecule has 16 heavy (non-hydrogen) atoms. The maximum Gasteiger partial charge on any atom is 0.0842 e. The van der Waals surface area contributed by atoms with E-state index in [9.17, 15) is 5.11 Å². The molecule has 1 aromatic heterocycles. The van der Waals surface area contributed by atoms with Crippen LogP contribution in [0.3, 0.4) is 0 Å². The molecule has 1 aromatic rings. The predicted molar refractivity (Wildman–Crippen MR) is 64.4 cm³/mol. The van der Waals surface area contributed by atoms with Crippen LogP contribution in [0.2, 0.25) is 0 Å². The molecule has 0 spiro atoms. The van der Waals surface area contributed by atoms with Crippen molar-refractivity contribution in [1.82, 2.24) is 9.78 Å². The van der Waals surface area contributed by atoms with Crippen LogP contribution in [-0.4, -0.2) is 20.5 Å². The van der Waals surface area contributed by atoms with E-state index in [0.29, 0.717) is 6.54 Å². The average molecular weight is 222 g/mol. The van der Waals surface area contributed by atoms with Gasteiger partial charge in [0.15, 0.2) is 0 Å². The molecule has 1 N–H and O–H groups in total. The quantitative estimate of drug-likeness (QED) is 0.849. The first kappa shape index (κ1) is 11.6. The molecule has 1 aliphatic rings. The maximum atomic E-state index is 10.4. The molecule has 0 amide bonds. The lowest BCUT2D eigenvalue weighted by molar-refractivity contribution is 0.0256. The van der Waals surface area contributed by atoms with E-state index in [1.54, 1.807) is 0 Å². The second-order valence-corrected chi connectivity index (χ2v) is 4.92. The Kier molecular flexibility index (Phi) is 3.33. The Labute approximate surface area is 97.5 Å². The number of hydrogen-bond donors (Lipinski definition) is 1. The second kappa shape index (κ2) is 4.58. The van der Waals surface area contributed by atoms with Gasteiger partial charge >= 0.3 is 0 Å². The van der Waals surface area contributed by atoms with E-state index in [4.69, 9.17) is 0 Å². The van der Waals surface area contributed by atoms with Gasteiger partial charge < -0.3 is 5.11 Å². The van der Waals surface area contributed by atoms with Crippen molar-refractivity contribution in [3.05, 3.63) is 17.5 Å². The van der Waals surface area contributed by atoms with Gasteiger partial charge in [-0.25, -0.2) is 0 Å². The van der Waals surface area contributed by atoms with Crippen molar-refractivity contribution in [2.45, 2.75) is 64.5 Å². The number of aryl methyl sites for hydroxylation is 2. The zero-order chi connectivity index (χ0) is 11.6. The molecule has 0 radical (unpaired) electrons. The van der Waals surface area contributed by atoms with Gasteiger partial charge in [-0.2, -0.15) is 5.10 Å². The molecule has 0 aromatic carbocycles. The summed E-state index contributed by atoms with van der Waals surface area (Å²) in [5, 5.41) is 15.0. The van der Waals surface area contributed by atoms with Gasteiger partial charge in [0.05, 0.1) is 17.8 Å². The molecule has 3 nitrogen and oxygen atoms in total. The Bertz CT molecular complexity index is 351. The van der Waals surface area contributed by atoms with Gasteiger partial charge in [0.25, 0.3) is 0 Å². The van der Waals surface area contributed by atoms with E-state index in [-0.39, 0.29) is 0 Å². The number of rotatable bonds is 4. The van der Waals surface area contributed by atoms with Crippen LogP contribution in [0.15, 0.2) is 6.07 Å². The smallest absolute Gasteiger partial charge is 0.0842 e. The predicted octanol–water partition coefficient (Wildman–Crippen LogP) is 2.31. The Morgan fingerprint density at radius 2 is 2.00 bits per heavy atom. The van der Waals surface area contributed by atoms with Gasteiger partial charge in [0.2, 0.25) is 0 Å². The lowest BCUT2D eigenvalue weighted by Crippen LogP contribution is -2.31. The van der Waals surface area contributed by atoms with E-state index >= 15 is 0 Å². The highest BCUT2D eigenvalue weighted by Gasteiger charge is 2.32. The molecular weight excluding hydrogens is 200 g/mol. The standard InChI is InChI=1S/C13H22N2O/c1-3-11-9-12(4-2)15(14-11)10-13(16)7-5-6-8-13/h9,16H,3-8,10H2,1-2H3. The molecule has 90 valence electrons. The molecule has 1 heterocycles. The highest BCUT2D eigenvalue weighted by molar-refractivity contribution is 5.11. The minimum atomic E-state index is -0.499. The van der Waals surface area contributed by atoms with E-state index < -0.39 is 5.60 Å². The fourth-order valence-corrected chi connectivity index (χ4v) is 2.58. The average Bonchev–Trinajstić information content (AvgIpc) is 2.85. The van der Waals surface area contributed by atoms with Crippen LogP contribution in [-0.2, 0) is 19.4 Å². The lowest BCUT2D eigenvalue weighted by atomic mass is 10.0.